The number of carbonyl (C=O) groups is 2. The Morgan fingerprint density at radius 1 is 1.06 bits per heavy atom. The Morgan fingerprint density at radius 2 is 1.68 bits per heavy atom. The average molecular weight is 424 g/mol. The minimum Gasteiger partial charge on any atom is -0.493 e. The van der Waals surface area contributed by atoms with Crippen LogP contribution in [0.2, 0.25) is 0 Å². The number of methoxy groups -OCH3 is 2. The van der Waals surface area contributed by atoms with Crippen molar-refractivity contribution in [2.75, 3.05) is 33.6 Å². The van der Waals surface area contributed by atoms with Gasteiger partial charge in [-0.3, -0.25) is 14.4 Å². The van der Waals surface area contributed by atoms with Gasteiger partial charge in [0, 0.05) is 32.1 Å². The number of aryl methyl sites for hydroxylation is 1. The Labute approximate surface area is 179 Å². The molecular weight excluding hydrogens is 400 g/mol. The number of fused-ring (bicyclic) bond motifs is 1. The molecule has 0 saturated carbocycles. The van der Waals surface area contributed by atoms with Crippen LogP contribution in [0.5, 0.6) is 11.5 Å². The number of rotatable bonds is 6. The first-order valence-electron chi connectivity index (χ1n) is 9.61. The first-order chi connectivity index (χ1) is 14.8. The number of amides is 2. The van der Waals surface area contributed by atoms with E-state index in [1.807, 2.05) is 0 Å². The zero-order chi connectivity index (χ0) is 22.7. The van der Waals surface area contributed by atoms with E-state index in [1.165, 1.54) is 35.9 Å². The number of benzene rings is 2. The topological polar surface area (TPSA) is 103 Å². The second-order valence-electron chi connectivity index (χ2n) is 6.92. The third-order valence-electron chi connectivity index (χ3n) is 4.79. The summed E-state index contributed by atoms with van der Waals surface area (Å²) in [5, 5.41) is 7.81. The first-order valence-corrected chi connectivity index (χ1v) is 9.61. The molecule has 2 amide bonds. The largest absolute Gasteiger partial charge is 0.493 e. The van der Waals surface area contributed by atoms with Crippen LogP contribution in [0.25, 0.3) is 10.8 Å². The third kappa shape index (κ3) is 4.07. The Balaban J connectivity index is 2.15. The van der Waals surface area contributed by atoms with E-state index in [0.29, 0.717) is 28.8 Å². The van der Waals surface area contributed by atoms with Crippen LogP contribution in [0.4, 0.5) is 5.69 Å². The maximum atomic E-state index is 13.2. The Morgan fingerprint density at radius 3 is 2.26 bits per heavy atom. The van der Waals surface area contributed by atoms with E-state index in [-0.39, 0.29) is 28.4 Å². The monoisotopic (exact) mass is 424 g/mol. The Hall–Kier alpha value is -3.88. The van der Waals surface area contributed by atoms with Crippen molar-refractivity contribution in [2.24, 2.45) is 0 Å². The number of hydrogen-bond donors (Lipinski definition) is 1. The summed E-state index contributed by atoms with van der Waals surface area (Å²) >= 11 is 0. The van der Waals surface area contributed by atoms with Gasteiger partial charge in [0.2, 0.25) is 0 Å². The van der Waals surface area contributed by atoms with E-state index in [2.05, 4.69) is 10.4 Å². The predicted molar refractivity (Wildman–Crippen MR) is 117 cm³/mol. The smallest absolute Gasteiger partial charge is 0.276 e. The highest BCUT2D eigenvalue weighted by atomic mass is 16.5. The fraction of sp³-hybridized carbons (Fsp3) is 0.273. The molecule has 1 aromatic heterocycles. The van der Waals surface area contributed by atoms with E-state index < -0.39 is 5.91 Å². The van der Waals surface area contributed by atoms with Crippen molar-refractivity contribution in [3.8, 4) is 11.5 Å². The van der Waals surface area contributed by atoms with Crippen molar-refractivity contribution in [1.29, 1.82) is 0 Å². The minimum atomic E-state index is -0.557. The van der Waals surface area contributed by atoms with E-state index in [1.54, 1.807) is 45.3 Å². The van der Waals surface area contributed by atoms with Gasteiger partial charge in [-0.2, -0.15) is 5.10 Å². The maximum Gasteiger partial charge on any atom is 0.276 e. The standard InChI is InChI=1S/C22H24N4O5/c1-6-26-22(29)14-10-8-7-9-13(14)19(24-26)20(27)23-16-12-18(31-5)17(30-4)11-15(16)21(28)25(2)3/h7-12H,6H2,1-5H3,(H,23,27). The summed E-state index contributed by atoms with van der Waals surface area (Å²) in [5.74, 6) is -0.177. The van der Waals surface area contributed by atoms with Gasteiger partial charge >= 0.3 is 0 Å². The molecule has 162 valence electrons. The molecule has 3 aromatic rings. The second-order valence-corrected chi connectivity index (χ2v) is 6.92. The first kappa shape index (κ1) is 21.8. The molecule has 9 heteroatoms. The molecule has 1 heterocycles. The zero-order valence-corrected chi connectivity index (χ0v) is 18.1. The van der Waals surface area contributed by atoms with Crippen LogP contribution >= 0.6 is 0 Å². The van der Waals surface area contributed by atoms with Gasteiger partial charge in [0.25, 0.3) is 17.4 Å². The van der Waals surface area contributed by atoms with Crippen LogP contribution in [-0.2, 0) is 6.54 Å². The van der Waals surface area contributed by atoms with Crippen LogP contribution in [0.1, 0.15) is 27.8 Å². The van der Waals surface area contributed by atoms with Crippen LogP contribution in [0, 0.1) is 0 Å². The molecule has 0 fully saturated rings. The molecule has 0 spiro atoms. The quantitative estimate of drug-likeness (QED) is 0.652. The summed E-state index contributed by atoms with van der Waals surface area (Å²) in [7, 11) is 6.14. The van der Waals surface area contributed by atoms with Crippen LogP contribution < -0.4 is 20.3 Å². The lowest BCUT2D eigenvalue weighted by atomic mass is 10.1. The number of nitrogens with one attached hydrogen (secondary N) is 1. The highest BCUT2D eigenvalue weighted by molar-refractivity contribution is 6.13. The van der Waals surface area contributed by atoms with Gasteiger partial charge in [0.05, 0.1) is 30.9 Å². The van der Waals surface area contributed by atoms with Gasteiger partial charge in [0.1, 0.15) is 0 Å². The highest BCUT2D eigenvalue weighted by Crippen LogP contribution is 2.34. The number of hydrogen-bond acceptors (Lipinski definition) is 6. The molecular formula is C22H24N4O5. The van der Waals surface area contributed by atoms with Crippen molar-refractivity contribution < 1.29 is 19.1 Å². The minimum absolute atomic E-state index is 0.0788. The number of anilines is 1. The molecule has 0 bridgehead atoms. The SMILES string of the molecule is CCn1nc(C(=O)Nc2cc(OC)c(OC)cc2C(=O)N(C)C)c2ccccc2c1=O. The number of aromatic nitrogens is 2. The summed E-state index contributed by atoms with van der Waals surface area (Å²) in [6.07, 6.45) is 0. The van der Waals surface area contributed by atoms with E-state index in [0.717, 1.165) is 0 Å². The van der Waals surface area contributed by atoms with E-state index in [4.69, 9.17) is 9.47 Å². The molecule has 1 N–H and O–H groups in total. The Bertz CT molecular complexity index is 1220. The predicted octanol–water partition coefficient (Wildman–Crippen LogP) is 2.39. The number of nitrogens with zero attached hydrogens (tertiary/aromatic N) is 3. The molecule has 31 heavy (non-hydrogen) atoms. The van der Waals surface area contributed by atoms with Crippen molar-refractivity contribution >= 4 is 28.3 Å². The molecule has 0 aliphatic carbocycles. The molecule has 0 saturated heterocycles. The second kappa shape index (κ2) is 8.86. The molecule has 0 aliphatic rings. The summed E-state index contributed by atoms with van der Waals surface area (Å²) < 4.78 is 11.8. The Kier molecular flexibility index (Phi) is 6.24. The van der Waals surface area contributed by atoms with Crippen molar-refractivity contribution in [3.05, 3.63) is 58.0 Å². The highest BCUT2D eigenvalue weighted by Gasteiger charge is 2.22. The van der Waals surface area contributed by atoms with Crippen LogP contribution in [-0.4, -0.2) is 54.8 Å². The van der Waals surface area contributed by atoms with Crippen LogP contribution in [0.15, 0.2) is 41.2 Å². The molecule has 2 aromatic carbocycles. The lowest BCUT2D eigenvalue weighted by Gasteiger charge is -2.18. The lowest BCUT2D eigenvalue weighted by molar-refractivity contribution is 0.0828. The fourth-order valence-corrected chi connectivity index (χ4v) is 3.20. The number of ether oxygens (including phenoxy) is 2. The third-order valence-corrected chi connectivity index (χ3v) is 4.79. The summed E-state index contributed by atoms with van der Waals surface area (Å²) in [4.78, 5) is 39.9. The molecule has 0 atom stereocenters. The van der Waals surface area contributed by atoms with Crippen molar-refractivity contribution in [2.45, 2.75) is 13.5 Å². The molecule has 3 rings (SSSR count). The van der Waals surface area contributed by atoms with Gasteiger partial charge in [-0.05, 0) is 19.1 Å². The fourth-order valence-electron chi connectivity index (χ4n) is 3.20. The maximum absolute atomic E-state index is 13.2. The summed E-state index contributed by atoms with van der Waals surface area (Å²) in [6, 6.07) is 9.81. The van der Waals surface area contributed by atoms with Gasteiger partial charge < -0.3 is 19.7 Å². The average Bonchev–Trinajstić information content (AvgIpc) is 2.78. The molecule has 0 radical (unpaired) electrons. The number of carbonyl (C=O) groups excluding carboxylic acids is 2. The normalized spacial score (nSPS) is 10.6. The van der Waals surface area contributed by atoms with Crippen molar-refractivity contribution in [3.63, 3.8) is 0 Å². The van der Waals surface area contributed by atoms with Crippen molar-refractivity contribution in [1.82, 2.24) is 14.7 Å². The van der Waals surface area contributed by atoms with E-state index in [9.17, 15) is 14.4 Å². The molecule has 0 unspecified atom stereocenters. The zero-order valence-electron chi connectivity index (χ0n) is 18.1. The van der Waals surface area contributed by atoms with Gasteiger partial charge in [-0.15, -0.1) is 0 Å². The summed E-state index contributed by atoms with van der Waals surface area (Å²) in [6.45, 7) is 2.08. The van der Waals surface area contributed by atoms with Gasteiger partial charge in [-0.1, -0.05) is 18.2 Å². The molecule has 9 nitrogen and oxygen atoms in total. The summed E-state index contributed by atoms with van der Waals surface area (Å²) in [5.41, 5.74) is 0.268. The lowest BCUT2D eigenvalue weighted by Crippen LogP contribution is -2.28. The molecule has 0 aliphatic heterocycles. The van der Waals surface area contributed by atoms with Gasteiger partial charge in [-0.25, -0.2) is 4.68 Å². The van der Waals surface area contributed by atoms with Crippen LogP contribution in [0.3, 0.4) is 0 Å². The van der Waals surface area contributed by atoms with Gasteiger partial charge in [0.15, 0.2) is 17.2 Å². The van der Waals surface area contributed by atoms with E-state index >= 15 is 0 Å².